The summed E-state index contributed by atoms with van der Waals surface area (Å²) < 4.78 is 22.8. The second-order valence-electron chi connectivity index (χ2n) is 9.87. The van der Waals surface area contributed by atoms with Gasteiger partial charge >= 0.3 is 5.69 Å². The van der Waals surface area contributed by atoms with E-state index >= 15 is 4.39 Å². The Kier molecular flexibility index (Phi) is 5.16. The van der Waals surface area contributed by atoms with Gasteiger partial charge in [0.2, 0.25) is 5.88 Å². The molecule has 3 aromatic rings. The second kappa shape index (κ2) is 7.83. The largest absolute Gasteiger partial charge is 0.507 e. The number of piperidine rings is 2. The minimum atomic E-state index is -1.14. The number of hydrogen-bond acceptors (Lipinski definition) is 8. The number of fused-ring (bicyclic) bond motifs is 3. The van der Waals surface area contributed by atoms with Crippen molar-refractivity contribution in [2.24, 2.45) is 12.5 Å². The van der Waals surface area contributed by atoms with Gasteiger partial charge in [-0.15, -0.1) is 10.2 Å². The lowest BCUT2D eigenvalue weighted by atomic mass is 9.60. The normalized spacial score (nSPS) is 28.7. The van der Waals surface area contributed by atoms with Gasteiger partial charge in [0, 0.05) is 36.2 Å². The maximum Gasteiger partial charge on any atom is 0.350 e. The first-order chi connectivity index (χ1) is 16.1. The molecule has 1 saturated carbocycles. The van der Waals surface area contributed by atoms with Gasteiger partial charge in [-0.1, -0.05) is 13.0 Å². The van der Waals surface area contributed by atoms with Crippen LogP contribution in [0.5, 0.6) is 11.6 Å². The molecule has 4 heterocycles. The second-order valence-corrected chi connectivity index (χ2v) is 9.87. The number of aryl methyl sites for hydroxylation is 1. The monoisotopic (exact) mass is 466 g/mol. The molecule has 1 N–H and O–H groups in total. The van der Waals surface area contributed by atoms with Crippen molar-refractivity contribution < 1.29 is 14.2 Å². The lowest BCUT2D eigenvalue weighted by Gasteiger charge is -2.61. The molecule has 9 nitrogen and oxygen atoms in total. The highest BCUT2D eigenvalue weighted by molar-refractivity contribution is 5.71. The van der Waals surface area contributed by atoms with E-state index in [1.165, 1.54) is 17.0 Å². The van der Waals surface area contributed by atoms with Crippen molar-refractivity contribution in [3.63, 3.8) is 0 Å². The average molecular weight is 467 g/mol. The van der Waals surface area contributed by atoms with Gasteiger partial charge in [-0.3, -0.25) is 9.47 Å². The van der Waals surface area contributed by atoms with Crippen LogP contribution in [0.15, 0.2) is 41.5 Å². The fourth-order valence-corrected chi connectivity index (χ4v) is 5.07. The summed E-state index contributed by atoms with van der Waals surface area (Å²) >= 11 is 0. The molecule has 10 heteroatoms. The van der Waals surface area contributed by atoms with Crippen molar-refractivity contribution in [1.82, 2.24) is 29.6 Å². The minimum Gasteiger partial charge on any atom is -0.507 e. The highest BCUT2D eigenvalue weighted by atomic mass is 19.1. The van der Waals surface area contributed by atoms with Gasteiger partial charge in [-0.05, 0) is 45.0 Å². The van der Waals surface area contributed by atoms with E-state index in [0.29, 0.717) is 16.8 Å². The third-order valence-corrected chi connectivity index (χ3v) is 7.50. The van der Waals surface area contributed by atoms with Crippen molar-refractivity contribution in [2.75, 3.05) is 13.6 Å². The van der Waals surface area contributed by atoms with Crippen LogP contribution in [0.1, 0.15) is 26.7 Å². The molecule has 0 spiro atoms. The Morgan fingerprint density at radius 3 is 2.59 bits per heavy atom. The molecule has 2 saturated heterocycles. The molecule has 3 fully saturated rings. The van der Waals surface area contributed by atoms with Crippen LogP contribution in [0.2, 0.25) is 0 Å². The molecule has 34 heavy (non-hydrogen) atoms. The number of aromatic nitrogens is 5. The average Bonchev–Trinajstić information content (AvgIpc) is 2.81. The Balaban J connectivity index is 1.36. The Labute approximate surface area is 196 Å². The van der Waals surface area contributed by atoms with E-state index in [2.05, 4.69) is 32.0 Å². The molecule has 1 aromatic carbocycles. The molecule has 2 aliphatic heterocycles. The van der Waals surface area contributed by atoms with Crippen molar-refractivity contribution in [3.8, 4) is 34.3 Å². The third-order valence-electron chi connectivity index (χ3n) is 7.50. The maximum atomic E-state index is 15.5. The maximum absolute atomic E-state index is 15.5. The van der Waals surface area contributed by atoms with E-state index in [1.807, 2.05) is 14.0 Å². The molecular weight excluding hydrogens is 439 g/mol. The number of nitrogens with zero attached hydrogens (tertiary/aromatic N) is 6. The van der Waals surface area contributed by atoms with Gasteiger partial charge in [0.05, 0.1) is 11.2 Å². The molecule has 178 valence electrons. The van der Waals surface area contributed by atoms with Crippen LogP contribution in [0.25, 0.3) is 22.6 Å². The first kappa shape index (κ1) is 22.4. The number of halogens is 1. The summed E-state index contributed by atoms with van der Waals surface area (Å²) in [6.07, 6.45) is 1.32. The van der Waals surface area contributed by atoms with E-state index in [0.717, 1.165) is 19.4 Å². The number of alkyl halides is 1. The summed E-state index contributed by atoms with van der Waals surface area (Å²) in [6.45, 7) is 4.77. The Bertz CT molecular complexity index is 1300. The van der Waals surface area contributed by atoms with Gasteiger partial charge in [0.1, 0.15) is 18.2 Å². The summed E-state index contributed by atoms with van der Waals surface area (Å²) in [6, 6.07) is 8.15. The van der Waals surface area contributed by atoms with Crippen LogP contribution in [-0.4, -0.2) is 66.1 Å². The molecule has 3 aliphatic rings. The highest BCUT2D eigenvalue weighted by Crippen LogP contribution is 2.51. The first-order valence-corrected chi connectivity index (χ1v) is 11.2. The number of benzene rings is 1. The molecule has 0 unspecified atom stereocenters. The Morgan fingerprint density at radius 2 is 1.94 bits per heavy atom. The summed E-state index contributed by atoms with van der Waals surface area (Å²) in [5.41, 5.74) is 0.0943. The van der Waals surface area contributed by atoms with Crippen LogP contribution in [0.3, 0.4) is 0 Å². The van der Waals surface area contributed by atoms with Gasteiger partial charge in [0.25, 0.3) is 0 Å². The van der Waals surface area contributed by atoms with Crippen molar-refractivity contribution in [2.45, 2.75) is 44.5 Å². The van der Waals surface area contributed by atoms with Gasteiger partial charge in [-0.25, -0.2) is 14.2 Å². The van der Waals surface area contributed by atoms with Gasteiger partial charge in [-0.2, -0.15) is 4.98 Å². The third kappa shape index (κ3) is 3.53. The zero-order valence-corrected chi connectivity index (χ0v) is 19.6. The Hall–Kier alpha value is -3.40. The lowest BCUT2D eigenvalue weighted by Crippen LogP contribution is -2.72. The SMILES string of the molecule is CN1C[C@@]2(C)CC[C@]1(C)[C@H](F)[C@@H]2Oc1ccc(-c2ccc(-c3ncn(C)c(=O)n3)cc2O)nn1. The summed E-state index contributed by atoms with van der Waals surface area (Å²) in [7, 11) is 3.53. The topological polar surface area (TPSA) is 106 Å². The van der Waals surface area contributed by atoms with E-state index in [4.69, 9.17) is 4.74 Å². The van der Waals surface area contributed by atoms with E-state index in [1.54, 1.807) is 31.3 Å². The molecule has 0 amide bonds. The van der Waals surface area contributed by atoms with Crippen molar-refractivity contribution in [1.29, 1.82) is 0 Å². The number of hydrogen-bond donors (Lipinski definition) is 1. The molecule has 1 aliphatic carbocycles. The van der Waals surface area contributed by atoms with Crippen LogP contribution >= 0.6 is 0 Å². The van der Waals surface area contributed by atoms with E-state index in [9.17, 15) is 9.90 Å². The molecule has 6 rings (SSSR count). The zero-order chi connectivity index (χ0) is 24.3. The standard InChI is InChI=1S/C24H27FN6O3/c1-23-9-10-24(2,31(4)12-23)19(25)20(23)34-18-8-7-16(28-29-18)15-6-5-14(11-17(15)32)21-26-13-30(3)22(33)27-21/h5-8,11,13,19-20,32H,9-10,12H2,1-4H3/t19-,20+,23-,24-/m1/s1. The van der Waals surface area contributed by atoms with E-state index in [-0.39, 0.29) is 22.9 Å². The van der Waals surface area contributed by atoms with Crippen LogP contribution in [0.4, 0.5) is 4.39 Å². The summed E-state index contributed by atoms with van der Waals surface area (Å²) in [5, 5.41) is 18.9. The molecular formula is C24H27FN6O3. The minimum absolute atomic E-state index is 0.0540. The predicted octanol–water partition coefficient (Wildman–Crippen LogP) is 2.59. The number of aromatic hydroxyl groups is 1. The van der Waals surface area contributed by atoms with Crippen LogP contribution in [-0.2, 0) is 7.05 Å². The molecule has 2 bridgehead atoms. The van der Waals surface area contributed by atoms with Crippen molar-refractivity contribution in [3.05, 3.63) is 47.1 Å². The highest BCUT2D eigenvalue weighted by Gasteiger charge is 2.61. The number of phenolic OH excluding ortho intramolecular Hbond substituents is 1. The molecule has 4 atom stereocenters. The Morgan fingerprint density at radius 1 is 1.15 bits per heavy atom. The number of phenols is 1. The summed E-state index contributed by atoms with van der Waals surface area (Å²) in [4.78, 5) is 21.9. The van der Waals surface area contributed by atoms with Crippen LogP contribution in [0, 0.1) is 5.41 Å². The first-order valence-electron chi connectivity index (χ1n) is 11.2. The zero-order valence-electron chi connectivity index (χ0n) is 19.6. The predicted molar refractivity (Wildman–Crippen MR) is 123 cm³/mol. The smallest absolute Gasteiger partial charge is 0.350 e. The molecule has 0 radical (unpaired) electrons. The lowest BCUT2D eigenvalue weighted by molar-refractivity contribution is -0.177. The fourth-order valence-electron chi connectivity index (χ4n) is 5.07. The molecule has 2 aromatic heterocycles. The van der Waals surface area contributed by atoms with Crippen molar-refractivity contribution >= 4 is 0 Å². The van der Waals surface area contributed by atoms with Gasteiger partial charge in [0.15, 0.2) is 12.0 Å². The van der Waals surface area contributed by atoms with E-state index < -0.39 is 23.5 Å². The number of ether oxygens (including phenoxy) is 1. The fraction of sp³-hybridized carbons (Fsp3) is 0.458. The number of rotatable bonds is 4. The van der Waals surface area contributed by atoms with Crippen LogP contribution < -0.4 is 10.4 Å². The van der Waals surface area contributed by atoms with Gasteiger partial charge < -0.3 is 9.84 Å². The quantitative estimate of drug-likeness (QED) is 0.626. The summed E-state index contributed by atoms with van der Waals surface area (Å²) in [5.74, 6) is 0.415.